The SMILES string of the molecule is CCOC(=O)c1c(NC(=O)CSc2nnc(CNC(=O)COc3ccc(Cl)cc3)n2-c2cccc(C)c2)sc2c1CCC2. The number of fused-ring (bicyclic) bond motifs is 1. The number of anilines is 1. The molecular formula is C30H30ClN5O5S2. The molecule has 0 fully saturated rings. The van der Waals surface area contributed by atoms with Gasteiger partial charge in [-0.05, 0) is 80.6 Å². The number of benzene rings is 2. The lowest BCUT2D eigenvalue weighted by Gasteiger charge is -2.12. The molecule has 0 atom stereocenters. The second-order valence-corrected chi connectivity index (χ2v) is 12.2. The van der Waals surface area contributed by atoms with Gasteiger partial charge in [0.05, 0.1) is 24.5 Å². The van der Waals surface area contributed by atoms with E-state index in [1.54, 1.807) is 31.2 Å². The molecule has 0 radical (unpaired) electrons. The van der Waals surface area contributed by atoms with Gasteiger partial charge in [-0.25, -0.2) is 4.79 Å². The van der Waals surface area contributed by atoms with Crippen LogP contribution in [0.4, 0.5) is 5.00 Å². The molecule has 2 aromatic carbocycles. The number of thioether (sulfide) groups is 1. The Morgan fingerprint density at radius 1 is 1.09 bits per heavy atom. The minimum absolute atomic E-state index is 0.0378. The Bertz CT molecular complexity index is 1640. The molecule has 224 valence electrons. The fourth-order valence-electron chi connectivity index (χ4n) is 4.65. The summed E-state index contributed by atoms with van der Waals surface area (Å²) in [4.78, 5) is 39.4. The van der Waals surface area contributed by atoms with Gasteiger partial charge in [-0.15, -0.1) is 21.5 Å². The number of esters is 1. The number of aryl methyl sites for hydroxylation is 2. The quantitative estimate of drug-likeness (QED) is 0.156. The molecule has 1 aliphatic rings. The molecule has 10 nitrogen and oxygen atoms in total. The van der Waals surface area contributed by atoms with Gasteiger partial charge in [-0.3, -0.25) is 14.2 Å². The van der Waals surface area contributed by atoms with E-state index in [1.807, 2.05) is 35.8 Å². The van der Waals surface area contributed by atoms with Gasteiger partial charge in [0.2, 0.25) is 5.91 Å². The van der Waals surface area contributed by atoms with Gasteiger partial charge >= 0.3 is 5.97 Å². The number of carbonyl (C=O) groups excluding carboxylic acids is 3. The molecule has 0 bridgehead atoms. The van der Waals surface area contributed by atoms with Crippen LogP contribution in [0.15, 0.2) is 53.7 Å². The van der Waals surface area contributed by atoms with Gasteiger partial charge in [0.1, 0.15) is 10.8 Å². The zero-order valence-corrected chi connectivity index (χ0v) is 26.0. The van der Waals surface area contributed by atoms with Crippen LogP contribution in [0.25, 0.3) is 5.69 Å². The molecule has 0 aliphatic heterocycles. The number of halogens is 1. The summed E-state index contributed by atoms with van der Waals surface area (Å²) in [6.07, 6.45) is 2.68. The lowest BCUT2D eigenvalue weighted by molar-refractivity contribution is -0.123. The number of hydrogen-bond acceptors (Lipinski definition) is 9. The van der Waals surface area contributed by atoms with Crippen LogP contribution in [0.5, 0.6) is 5.75 Å². The first-order valence-corrected chi connectivity index (χ1v) is 15.9. The highest BCUT2D eigenvalue weighted by atomic mass is 35.5. The van der Waals surface area contributed by atoms with Crippen molar-refractivity contribution >= 4 is 57.5 Å². The van der Waals surface area contributed by atoms with Gasteiger partial charge in [-0.1, -0.05) is 35.5 Å². The summed E-state index contributed by atoms with van der Waals surface area (Å²) < 4.78 is 12.6. The highest BCUT2D eigenvalue weighted by Gasteiger charge is 2.28. The minimum atomic E-state index is -0.408. The van der Waals surface area contributed by atoms with Crippen molar-refractivity contribution in [3.63, 3.8) is 0 Å². The topological polar surface area (TPSA) is 124 Å². The largest absolute Gasteiger partial charge is 0.484 e. The lowest BCUT2D eigenvalue weighted by atomic mass is 10.1. The molecule has 0 unspecified atom stereocenters. The van der Waals surface area contributed by atoms with E-state index < -0.39 is 5.97 Å². The van der Waals surface area contributed by atoms with Crippen LogP contribution in [0.2, 0.25) is 5.02 Å². The monoisotopic (exact) mass is 639 g/mol. The fourth-order valence-corrected chi connectivity index (χ4v) is 6.84. The second kappa shape index (κ2) is 14.1. The van der Waals surface area contributed by atoms with Gasteiger partial charge in [-0.2, -0.15) is 0 Å². The highest BCUT2D eigenvalue weighted by Crippen LogP contribution is 2.39. The van der Waals surface area contributed by atoms with E-state index in [1.165, 1.54) is 23.1 Å². The molecule has 0 saturated heterocycles. The molecule has 0 spiro atoms. The first kappa shape index (κ1) is 30.6. The number of nitrogens with zero attached hydrogens (tertiary/aromatic N) is 3. The van der Waals surface area contributed by atoms with Crippen molar-refractivity contribution in [3.8, 4) is 11.4 Å². The Morgan fingerprint density at radius 3 is 2.67 bits per heavy atom. The van der Waals surface area contributed by atoms with Crippen molar-refractivity contribution in [2.45, 2.75) is 44.8 Å². The molecule has 2 amide bonds. The molecule has 2 N–H and O–H groups in total. The number of nitrogens with one attached hydrogen (secondary N) is 2. The predicted molar refractivity (Wildman–Crippen MR) is 167 cm³/mol. The van der Waals surface area contributed by atoms with Crippen molar-refractivity contribution in [1.82, 2.24) is 20.1 Å². The smallest absolute Gasteiger partial charge is 0.341 e. The number of aromatic nitrogens is 3. The van der Waals surface area contributed by atoms with E-state index in [9.17, 15) is 14.4 Å². The normalized spacial score (nSPS) is 12.1. The third kappa shape index (κ3) is 7.56. The van der Waals surface area contributed by atoms with Crippen LogP contribution in [0.3, 0.4) is 0 Å². The summed E-state index contributed by atoms with van der Waals surface area (Å²) in [6, 6.07) is 14.5. The summed E-state index contributed by atoms with van der Waals surface area (Å²) >= 11 is 8.55. The number of amides is 2. The van der Waals surface area contributed by atoms with Crippen molar-refractivity contribution in [2.75, 3.05) is 24.3 Å². The predicted octanol–water partition coefficient (Wildman–Crippen LogP) is 5.38. The average Bonchev–Trinajstić information content (AvgIpc) is 3.69. The Hall–Kier alpha value is -3.87. The maximum Gasteiger partial charge on any atom is 0.341 e. The van der Waals surface area contributed by atoms with E-state index in [-0.39, 0.29) is 37.3 Å². The van der Waals surface area contributed by atoms with E-state index >= 15 is 0 Å². The Kier molecular flexibility index (Phi) is 10.0. The molecule has 43 heavy (non-hydrogen) atoms. The first-order chi connectivity index (χ1) is 20.8. The molecular weight excluding hydrogens is 610 g/mol. The summed E-state index contributed by atoms with van der Waals surface area (Å²) in [5.74, 6) is 0.0461. The molecule has 1 aliphatic carbocycles. The molecule has 13 heteroatoms. The third-order valence-corrected chi connectivity index (χ3v) is 8.96. The van der Waals surface area contributed by atoms with Gasteiger partial charge in [0.25, 0.3) is 5.91 Å². The van der Waals surface area contributed by atoms with Crippen LogP contribution in [-0.2, 0) is 33.7 Å². The van der Waals surface area contributed by atoms with Gasteiger partial charge < -0.3 is 20.1 Å². The third-order valence-electron chi connectivity index (χ3n) is 6.57. The van der Waals surface area contributed by atoms with Crippen molar-refractivity contribution in [3.05, 3.63) is 80.9 Å². The summed E-state index contributed by atoms with van der Waals surface area (Å²) in [5.41, 5.74) is 3.28. The fraction of sp³-hybridized carbons (Fsp3) is 0.300. The van der Waals surface area contributed by atoms with Crippen molar-refractivity contribution in [2.24, 2.45) is 0 Å². The zero-order valence-electron chi connectivity index (χ0n) is 23.6. The van der Waals surface area contributed by atoms with Crippen LogP contribution in [0.1, 0.15) is 45.5 Å². The van der Waals surface area contributed by atoms with Crippen LogP contribution < -0.4 is 15.4 Å². The Balaban J connectivity index is 1.26. The van der Waals surface area contributed by atoms with Crippen LogP contribution >= 0.6 is 34.7 Å². The Morgan fingerprint density at radius 2 is 1.91 bits per heavy atom. The van der Waals surface area contributed by atoms with Crippen molar-refractivity contribution < 1.29 is 23.9 Å². The molecule has 5 rings (SSSR count). The van der Waals surface area contributed by atoms with E-state index in [0.717, 1.165) is 41.0 Å². The van der Waals surface area contributed by atoms with Crippen LogP contribution in [0, 0.1) is 6.92 Å². The maximum absolute atomic E-state index is 13.1. The zero-order chi connectivity index (χ0) is 30.3. The number of ether oxygens (including phenoxy) is 2. The molecule has 2 aromatic heterocycles. The highest BCUT2D eigenvalue weighted by molar-refractivity contribution is 7.99. The number of thiophene rings is 1. The van der Waals surface area contributed by atoms with E-state index in [4.69, 9.17) is 21.1 Å². The second-order valence-electron chi connectivity index (χ2n) is 9.71. The van der Waals surface area contributed by atoms with Gasteiger partial charge in [0.15, 0.2) is 17.6 Å². The van der Waals surface area contributed by atoms with Crippen molar-refractivity contribution in [1.29, 1.82) is 0 Å². The average molecular weight is 640 g/mol. The Labute approximate surface area is 262 Å². The number of hydrogen-bond donors (Lipinski definition) is 2. The summed E-state index contributed by atoms with van der Waals surface area (Å²) in [6.45, 7) is 3.92. The summed E-state index contributed by atoms with van der Waals surface area (Å²) in [7, 11) is 0. The standard InChI is InChI=1S/C30H30ClN5O5S2/c1-3-40-29(39)27-22-8-5-9-23(22)43-28(27)33-26(38)17-42-30-35-34-24(36(30)20-7-4-6-18(2)14-20)15-32-25(37)16-41-21-12-10-19(31)11-13-21/h4,6-7,10-14H,3,5,8-9,15-17H2,1-2H3,(H,32,37)(H,33,38). The molecule has 4 aromatic rings. The van der Waals surface area contributed by atoms with E-state index in [2.05, 4.69) is 20.8 Å². The molecule has 0 saturated carbocycles. The number of rotatable bonds is 12. The van der Waals surface area contributed by atoms with Crippen LogP contribution in [-0.4, -0.2) is 51.5 Å². The number of carbonyl (C=O) groups is 3. The lowest BCUT2D eigenvalue weighted by Crippen LogP contribution is -2.29. The van der Waals surface area contributed by atoms with Gasteiger partial charge in [0, 0.05) is 15.6 Å². The minimum Gasteiger partial charge on any atom is -0.484 e. The molecule has 2 heterocycles. The maximum atomic E-state index is 13.1. The van der Waals surface area contributed by atoms with E-state index in [0.29, 0.717) is 32.3 Å². The summed E-state index contributed by atoms with van der Waals surface area (Å²) in [5, 5.41) is 16.0. The first-order valence-electron chi connectivity index (χ1n) is 13.7.